The van der Waals surface area contributed by atoms with E-state index in [9.17, 15) is 9.59 Å². The van der Waals surface area contributed by atoms with Crippen molar-refractivity contribution in [2.45, 2.75) is 45.8 Å². The second-order valence-electron chi connectivity index (χ2n) is 10.4. The Hall–Kier alpha value is -4.29. The predicted octanol–water partition coefficient (Wildman–Crippen LogP) is 5.11. The van der Waals surface area contributed by atoms with Crippen LogP contribution in [0.1, 0.15) is 38.4 Å². The van der Waals surface area contributed by atoms with Crippen molar-refractivity contribution < 1.29 is 23.8 Å². The molecule has 0 saturated heterocycles. The van der Waals surface area contributed by atoms with Crippen LogP contribution < -0.4 is 20.1 Å². The molecule has 4 rings (SSSR count). The average molecular weight is 625 g/mol. The van der Waals surface area contributed by atoms with Gasteiger partial charge in [0.15, 0.2) is 5.75 Å². The molecule has 0 saturated carbocycles. The first-order valence-electron chi connectivity index (χ1n) is 13.5. The Morgan fingerprint density at radius 1 is 1.14 bits per heavy atom. The van der Waals surface area contributed by atoms with Crippen molar-refractivity contribution in [3.8, 4) is 11.5 Å². The molecule has 13 heteroatoms. The summed E-state index contributed by atoms with van der Waals surface area (Å²) in [6, 6.07) is 6.97. The molecule has 0 bridgehead atoms. The lowest BCUT2D eigenvalue weighted by atomic mass is 10.0. The molecule has 0 spiro atoms. The summed E-state index contributed by atoms with van der Waals surface area (Å²) in [4.78, 5) is 40.4. The van der Waals surface area contributed by atoms with Gasteiger partial charge in [-0.1, -0.05) is 29.9 Å². The van der Waals surface area contributed by atoms with Crippen LogP contribution in [0, 0.1) is 0 Å². The van der Waals surface area contributed by atoms with Crippen LogP contribution in [0.5, 0.6) is 11.5 Å². The summed E-state index contributed by atoms with van der Waals surface area (Å²) in [6.07, 6.45) is 8.40. The number of rotatable bonds is 10. The van der Waals surface area contributed by atoms with Crippen molar-refractivity contribution in [1.29, 1.82) is 0 Å². The van der Waals surface area contributed by atoms with Crippen molar-refractivity contribution in [3.63, 3.8) is 0 Å². The molecule has 43 heavy (non-hydrogen) atoms. The Morgan fingerprint density at radius 3 is 2.65 bits per heavy atom. The van der Waals surface area contributed by atoms with E-state index in [1.807, 2.05) is 6.07 Å². The molecule has 2 amide bonds. The number of nitrogens with one attached hydrogen (secondary N) is 2. The largest absolute Gasteiger partial charge is 0.493 e. The fourth-order valence-electron chi connectivity index (χ4n) is 4.23. The van der Waals surface area contributed by atoms with Crippen molar-refractivity contribution in [1.82, 2.24) is 25.2 Å². The normalized spacial score (nSPS) is 13.4. The Balaban J connectivity index is 1.57. The Kier molecular flexibility index (Phi) is 10.5. The number of para-hydroxylation sites is 1. The lowest BCUT2D eigenvalue weighted by Crippen LogP contribution is -2.47. The lowest BCUT2D eigenvalue weighted by molar-refractivity contribution is -0.126. The first kappa shape index (κ1) is 31.6. The number of hydrogen-bond donors (Lipinski definition) is 2. The topological polar surface area (TPSA) is 128 Å². The number of hydrogen-bond acceptors (Lipinski definition) is 10. The van der Waals surface area contributed by atoms with Crippen LogP contribution in [0.2, 0.25) is 5.02 Å². The molecule has 0 radical (unpaired) electrons. The van der Waals surface area contributed by atoms with Crippen LogP contribution in [0.3, 0.4) is 0 Å². The Morgan fingerprint density at radius 2 is 1.93 bits per heavy atom. The van der Waals surface area contributed by atoms with Crippen LogP contribution in [0.4, 0.5) is 10.5 Å². The predicted molar refractivity (Wildman–Crippen MR) is 166 cm³/mol. The number of carbonyl (C=O) groups excluding carboxylic acids is 2. The zero-order chi connectivity index (χ0) is 31.0. The van der Waals surface area contributed by atoms with E-state index >= 15 is 0 Å². The number of nitrogens with zero attached hydrogens (tertiary/aromatic N) is 4. The first-order valence-corrected chi connectivity index (χ1v) is 14.3. The number of methoxy groups -OCH3 is 1. The molecule has 11 nitrogen and oxygen atoms in total. The van der Waals surface area contributed by atoms with E-state index in [2.05, 4.69) is 25.6 Å². The van der Waals surface area contributed by atoms with E-state index in [4.69, 9.17) is 38.0 Å². The summed E-state index contributed by atoms with van der Waals surface area (Å²) >= 11 is 12.0. The van der Waals surface area contributed by atoms with E-state index in [1.54, 1.807) is 70.0 Å². The maximum atomic E-state index is 13.8. The molecule has 3 aromatic rings. The molecule has 1 aliphatic heterocycles. The molecule has 0 fully saturated rings. The Bertz CT molecular complexity index is 1510. The molecule has 1 aromatic carbocycles. The number of halogens is 1. The van der Waals surface area contributed by atoms with Crippen molar-refractivity contribution in [2.75, 3.05) is 25.6 Å². The molecule has 226 valence electrons. The summed E-state index contributed by atoms with van der Waals surface area (Å²) in [6.45, 7) is 6.02. The quantitative estimate of drug-likeness (QED) is 0.292. The summed E-state index contributed by atoms with van der Waals surface area (Å²) < 4.78 is 16.9. The first-order chi connectivity index (χ1) is 20.6. The van der Waals surface area contributed by atoms with Crippen LogP contribution in [0.15, 0.2) is 66.5 Å². The highest BCUT2D eigenvalue weighted by Gasteiger charge is 2.36. The smallest absolute Gasteiger partial charge is 0.417 e. The van der Waals surface area contributed by atoms with Gasteiger partial charge in [0, 0.05) is 62.0 Å². The van der Waals surface area contributed by atoms with Crippen LogP contribution in [-0.2, 0) is 22.5 Å². The molecule has 2 aromatic heterocycles. The van der Waals surface area contributed by atoms with Crippen molar-refractivity contribution in [3.05, 3.63) is 82.8 Å². The molecule has 2 N–H and O–H groups in total. The number of amides is 2. The van der Waals surface area contributed by atoms with E-state index < -0.39 is 17.6 Å². The highest BCUT2D eigenvalue weighted by molar-refractivity contribution is 7.81. The number of imide groups is 1. The van der Waals surface area contributed by atoms with Crippen LogP contribution in [-0.4, -0.2) is 62.7 Å². The minimum absolute atomic E-state index is 0.0940. The SMILES string of the molecule is COc1c(Cl)cccc1NC(=S)C1=C(NCc2ccncc2OCCc2cnccn2)CCN(C(=O)OC(C)(C)C)C1=O. The van der Waals surface area contributed by atoms with Gasteiger partial charge in [0.25, 0.3) is 5.91 Å². The minimum Gasteiger partial charge on any atom is -0.493 e. The third-order valence-electron chi connectivity index (χ3n) is 6.20. The number of ether oxygens (including phenoxy) is 3. The highest BCUT2D eigenvalue weighted by atomic mass is 35.5. The molecule has 0 aliphatic carbocycles. The van der Waals surface area contributed by atoms with Gasteiger partial charge in [-0.3, -0.25) is 19.7 Å². The maximum Gasteiger partial charge on any atom is 0.417 e. The zero-order valence-electron chi connectivity index (χ0n) is 24.3. The Labute approximate surface area is 260 Å². The third kappa shape index (κ3) is 8.39. The van der Waals surface area contributed by atoms with E-state index in [0.29, 0.717) is 53.9 Å². The van der Waals surface area contributed by atoms with Gasteiger partial charge in [-0.05, 0) is 39.0 Å². The summed E-state index contributed by atoms with van der Waals surface area (Å²) in [5.74, 6) is 0.369. The minimum atomic E-state index is -0.780. The lowest BCUT2D eigenvalue weighted by Gasteiger charge is -2.31. The van der Waals surface area contributed by atoms with Gasteiger partial charge in [0.05, 0.1) is 41.9 Å². The second kappa shape index (κ2) is 14.3. The van der Waals surface area contributed by atoms with Crippen LogP contribution in [0.25, 0.3) is 0 Å². The van der Waals surface area contributed by atoms with Crippen molar-refractivity contribution >= 4 is 46.5 Å². The second-order valence-corrected chi connectivity index (χ2v) is 11.3. The molecule has 0 unspecified atom stereocenters. The summed E-state index contributed by atoms with van der Waals surface area (Å²) in [5.41, 5.74) is 2.02. The number of pyridine rings is 1. The summed E-state index contributed by atoms with van der Waals surface area (Å²) in [5, 5.41) is 6.79. The molecular formula is C30H33ClN6O5S. The van der Waals surface area contributed by atoms with Gasteiger partial charge in [0.1, 0.15) is 16.3 Å². The number of aromatic nitrogens is 3. The van der Waals surface area contributed by atoms with Gasteiger partial charge < -0.3 is 24.8 Å². The average Bonchev–Trinajstić information content (AvgIpc) is 2.96. The van der Waals surface area contributed by atoms with Gasteiger partial charge in [-0.2, -0.15) is 0 Å². The summed E-state index contributed by atoms with van der Waals surface area (Å²) in [7, 11) is 1.49. The monoisotopic (exact) mass is 624 g/mol. The number of thiocarbonyl (C=S) groups is 1. The van der Waals surface area contributed by atoms with Crippen LogP contribution >= 0.6 is 23.8 Å². The van der Waals surface area contributed by atoms with Gasteiger partial charge in [-0.15, -0.1) is 0 Å². The number of carbonyl (C=O) groups is 2. The van der Waals surface area contributed by atoms with E-state index in [-0.39, 0.29) is 17.1 Å². The molecule has 3 heterocycles. The van der Waals surface area contributed by atoms with E-state index in [0.717, 1.165) is 16.2 Å². The van der Waals surface area contributed by atoms with Gasteiger partial charge in [0.2, 0.25) is 0 Å². The fraction of sp³-hybridized carbons (Fsp3) is 0.333. The fourth-order valence-corrected chi connectivity index (χ4v) is 4.80. The molecule has 0 atom stereocenters. The van der Waals surface area contributed by atoms with Gasteiger partial charge >= 0.3 is 6.09 Å². The molecule has 1 aliphatic rings. The zero-order valence-corrected chi connectivity index (χ0v) is 25.9. The highest BCUT2D eigenvalue weighted by Crippen LogP contribution is 2.33. The number of anilines is 1. The third-order valence-corrected chi connectivity index (χ3v) is 6.80. The van der Waals surface area contributed by atoms with E-state index in [1.165, 1.54) is 7.11 Å². The van der Waals surface area contributed by atoms with Gasteiger partial charge in [-0.25, -0.2) is 9.69 Å². The molecular weight excluding hydrogens is 592 g/mol. The standard InChI is InChI=1S/C30H33ClN6O5S/c1-30(2,3)42-29(39)37-14-9-22(25(28(37)38)27(43)36-23-7-5-6-21(31)26(23)40-4)35-16-19-8-11-32-18-24(19)41-15-10-20-17-33-12-13-34-20/h5-8,11-13,17-18,35H,9-10,14-16H2,1-4H3,(H,36,43). The van der Waals surface area contributed by atoms with Crippen molar-refractivity contribution in [2.24, 2.45) is 0 Å². The maximum absolute atomic E-state index is 13.8. The number of benzene rings is 1.